The average Bonchev–Trinajstić information content (AvgIpc) is 3.02. The van der Waals surface area contributed by atoms with Crippen molar-refractivity contribution in [3.8, 4) is 5.75 Å². The van der Waals surface area contributed by atoms with Crippen molar-refractivity contribution >= 4 is 16.7 Å². The first-order valence-corrected chi connectivity index (χ1v) is 6.53. The minimum atomic E-state index is -0.359. The van der Waals surface area contributed by atoms with Gasteiger partial charge in [0.1, 0.15) is 17.9 Å². The third-order valence-electron chi connectivity index (χ3n) is 3.34. The molecule has 0 radical (unpaired) electrons. The quantitative estimate of drug-likeness (QED) is 0.686. The third kappa shape index (κ3) is 2.43. The molecule has 0 bridgehead atoms. The summed E-state index contributed by atoms with van der Waals surface area (Å²) in [6.07, 6.45) is 1.38. The Kier molecular flexibility index (Phi) is 3.27. The number of hydrogen-bond donors (Lipinski definition) is 3. The number of amides is 1. The second-order valence-electron chi connectivity index (χ2n) is 4.75. The highest BCUT2D eigenvalue weighted by molar-refractivity contribution is 6.03. The summed E-state index contributed by atoms with van der Waals surface area (Å²) in [6, 6.07) is 10.5. The smallest absolute Gasteiger partial charge is 0.255 e. The maximum atomic E-state index is 12.3. The molecule has 3 aromatic rings. The van der Waals surface area contributed by atoms with Crippen LogP contribution in [0.5, 0.6) is 5.75 Å². The second-order valence-corrected chi connectivity index (χ2v) is 4.75. The predicted molar refractivity (Wildman–Crippen MR) is 77.9 cm³/mol. The number of benzene rings is 2. The van der Waals surface area contributed by atoms with Gasteiger partial charge in [-0.1, -0.05) is 30.3 Å². The van der Waals surface area contributed by atoms with Gasteiger partial charge in [0, 0.05) is 5.39 Å². The normalized spacial score (nSPS) is 12.2. The first-order valence-electron chi connectivity index (χ1n) is 6.53. The number of rotatable bonds is 3. The number of fused-ring (bicyclic) bond motifs is 1. The Hall–Kier alpha value is -2.89. The van der Waals surface area contributed by atoms with Crippen LogP contribution in [0.2, 0.25) is 0 Å². The lowest BCUT2D eigenvalue weighted by Gasteiger charge is -2.13. The number of carbonyl (C=O) groups is 1. The Bertz CT molecular complexity index is 783. The lowest BCUT2D eigenvalue weighted by Crippen LogP contribution is -2.27. The number of phenolic OH excluding ortho intramolecular Hbond substituents is 1. The number of H-pyrrole nitrogens is 1. The van der Waals surface area contributed by atoms with Crippen LogP contribution in [0.15, 0.2) is 42.7 Å². The highest BCUT2D eigenvalue weighted by Gasteiger charge is 2.17. The topological polar surface area (TPSA) is 90.9 Å². The molecule has 106 valence electrons. The van der Waals surface area contributed by atoms with E-state index in [0.717, 1.165) is 5.39 Å². The van der Waals surface area contributed by atoms with Crippen molar-refractivity contribution in [3.63, 3.8) is 0 Å². The van der Waals surface area contributed by atoms with Crippen LogP contribution >= 0.6 is 0 Å². The molecule has 0 fully saturated rings. The lowest BCUT2D eigenvalue weighted by atomic mass is 10.0. The first-order chi connectivity index (χ1) is 10.2. The number of aromatic hydroxyl groups is 1. The van der Waals surface area contributed by atoms with Gasteiger partial charge in [0.2, 0.25) is 0 Å². The Balaban J connectivity index is 1.90. The van der Waals surface area contributed by atoms with Crippen LogP contribution in [0, 0.1) is 0 Å². The molecular weight excluding hydrogens is 268 g/mol. The molecule has 6 heteroatoms. The standard InChI is InChI=1S/C15H14N4O2/c1-9(14-16-8-17-19-14)18-15(21)12-7-6-10-4-2-3-5-11(10)13(12)20/h2-9,20H,1H3,(H,18,21)(H,16,17,19). The Morgan fingerprint density at radius 1 is 1.29 bits per heavy atom. The number of aromatic nitrogens is 3. The molecule has 1 aromatic heterocycles. The molecule has 0 spiro atoms. The fourth-order valence-corrected chi connectivity index (χ4v) is 2.20. The Morgan fingerprint density at radius 3 is 2.86 bits per heavy atom. The van der Waals surface area contributed by atoms with Gasteiger partial charge >= 0.3 is 0 Å². The monoisotopic (exact) mass is 282 g/mol. The zero-order valence-corrected chi connectivity index (χ0v) is 11.4. The molecule has 2 aromatic carbocycles. The van der Waals surface area contributed by atoms with Gasteiger partial charge in [0.05, 0.1) is 11.6 Å². The Morgan fingerprint density at radius 2 is 2.10 bits per heavy atom. The van der Waals surface area contributed by atoms with E-state index in [0.29, 0.717) is 11.2 Å². The zero-order chi connectivity index (χ0) is 14.8. The van der Waals surface area contributed by atoms with Crippen LogP contribution in [0.3, 0.4) is 0 Å². The largest absolute Gasteiger partial charge is 0.506 e. The highest BCUT2D eigenvalue weighted by Crippen LogP contribution is 2.28. The van der Waals surface area contributed by atoms with Gasteiger partial charge in [-0.25, -0.2) is 4.98 Å². The molecule has 1 atom stereocenters. The van der Waals surface area contributed by atoms with Gasteiger partial charge in [-0.2, -0.15) is 5.10 Å². The van der Waals surface area contributed by atoms with Crippen molar-refractivity contribution in [2.45, 2.75) is 13.0 Å². The van der Waals surface area contributed by atoms with Crippen molar-refractivity contribution in [2.75, 3.05) is 0 Å². The van der Waals surface area contributed by atoms with Crippen LogP contribution in [0.1, 0.15) is 29.1 Å². The third-order valence-corrected chi connectivity index (χ3v) is 3.34. The van der Waals surface area contributed by atoms with E-state index >= 15 is 0 Å². The summed E-state index contributed by atoms with van der Waals surface area (Å²) in [5, 5.41) is 21.0. The number of aromatic amines is 1. The van der Waals surface area contributed by atoms with Gasteiger partial charge < -0.3 is 10.4 Å². The number of nitrogens with one attached hydrogen (secondary N) is 2. The molecule has 3 N–H and O–H groups in total. The van der Waals surface area contributed by atoms with Crippen LogP contribution in [-0.4, -0.2) is 26.2 Å². The minimum absolute atomic E-state index is 0.0182. The van der Waals surface area contributed by atoms with Crippen molar-refractivity contribution in [1.82, 2.24) is 20.5 Å². The molecule has 0 saturated heterocycles. The van der Waals surface area contributed by atoms with Crippen molar-refractivity contribution < 1.29 is 9.90 Å². The molecule has 0 aliphatic heterocycles. The summed E-state index contributed by atoms with van der Waals surface area (Å²) in [7, 11) is 0. The van der Waals surface area contributed by atoms with E-state index in [-0.39, 0.29) is 23.3 Å². The van der Waals surface area contributed by atoms with E-state index in [9.17, 15) is 9.90 Å². The summed E-state index contributed by atoms with van der Waals surface area (Å²) in [5.74, 6) is 0.182. The summed E-state index contributed by atoms with van der Waals surface area (Å²) in [4.78, 5) is 16.3. The van der Waals surface area contributed by atoms with Crippen LogP contribution in [0.4, 0.5) is 0 Å². The van der Waals surface area contributed by atoms with E-state index < -0.39 is 0 Å². The minimum Gasteiger partial charge on any atom is -0.506 e. The zero-order valence-electron chi connectivity index (χ0n) is 11.4. The van der Waals surface area contributed by atoms with Gasteiger partial charge in [-0.15, -0.1) is 0 Å². The summed E-state index contributed by atoms with van der Waals surface area (Å²) in [6.45, 7) is 1.79. The second kappa shape index (κ2) is 5.24. The molecule has 3 rings (SSSR count). The predicted octanol–water partition coefficient (Wildman–Crippen LogP) is 2.15. The molecule has 21 heavy (non-hydrogen) atoms. The van der Waals surface area contributed by atoms with Gasteiger partial charge in [-0.3, -0.25) is 9.89 Å². The molecule has 1 heterocycles. The molecule has 6 nitrogen and oxygen atoms in total. The SMILES string of the molecule is CC(NC(=O)c1ccc2ccccc2c1O)c1ncn[nH]1. The van der Waals surface area contributed by atoms with E-state index in [4.69, 9.17) is 0 Å². The number of carbonyl (C=O) groups excluding carboxylic acids is 1. The van der Waals surface area contributed by atoms with Crippen molar-refractivity contribution in [1.29, 1.82) is 0 Å². The van der Waals surface area contributed by atoms with Crippen LogP contribution < -0.4 is 5.32 Å². The molecule has 0 aliphatic carbocycles. The fourth-order valence-electron chi connectivity index (χ4n) is 2.20. The van der Waals surface area contributed by atoms with E-state index in [2.05, 4.69) is 20.5 Å². The maximum Gasteiger partial charge on any atom is 0.255 e. The van der Waals surface area contributed by atoms with Crippen LogP contribution in [-0.2, 0) is 0 Å². The van der Waals surface area contributed by atoms with Gasteiger partial charge in [0.25, 0.3) is 5.91 Å². The molecular formula is C15H14N4O2. The van der Waals surface area contributed by atoms with Crippen molar-refractivity contribution in [2.24, 2.45) is 0 Å². The average molecular weight is 282 g/mol. The summed E-state index contributed by atoms with van der Waals surface area (Å²) < 4.78 is 0. The van der Waals surface area contributed by atoms with E-state index in [1.165, 1.54) is 6.33 Å². The maximum absolute atomic E-state index is 12.3. The molecule has 0 aliphatic rings. The summed E-state index contributed by atoms with van der Waals surface area (Å²) in [5.41, 5.74) is 0.236. The van der Waals surface area contributed by atoms with Gasteiger partial charge in [-0.05, 0) is 18.4 Å². The fraction of sp³-hybridized carbons (Fsp3) is 0.133. The number of hydrogen-bond acceptors (Lipinski definition) is 4. The number of nitrogens with zero attached hydrogens (tertiary/aromatic N) is 2. The molecule has 1 amide bonds. The van der Waals surface area contributed by atoms with E-state index in [1.54, 1.807) is 19.1 Å². The number of phenols is 1. The van der Waals surface area contributed by atoms with Gasteiger partial charge in [0.15, 0.2) is 0 Å². The lowest BCUT2D eigenvalue weighted by molar-refractivity contribution is 0.0936. The highest BCUT2D eigenvalue weighted by atomic mass is 16.3. The first kappa shape index (κ1) is 13.1. The van der Waals surface area contributed by atoms with Crippen molar-refractivity contribution in [3.05, 3.63) is 54.1 Å². The Labute approximate surface area is 120 Å². The molecule has 0 saturated carbocycles. The van der Waals surface area contributed by atoms with E-state index in [1.807, 2.05) is 24.3 Å². The summed E-state index contributed by atoms with van der Waals surface area (Å²) >= 11 is 0. The van der Waals surface area contributed by atoms with Crippen LogP contribution in [0.25, 0.3) is 10.8 Å². The molecule has 1 unspecified atom stereocenters.